The minimum Gasteiger partial charge on any atom is -0.480 e. The number of carbonyl (C=O) groups excluding carboxylic acids is 3. The van der Waals surface area contributed by atoms with Crippen molar-refractivity contribution in [1.82, 2.24) is 5.32 Å². The van der Waals surface area contributed by atoms with Gasteiger partial charge in [-0.3, -0.25) is 19.2 Å². The fraction of sp³-hybridized carbons (Fsp3) is 0.500. The van der Waals surface area contributed by atoms with E-state index in [9.17, 15) is 19.2 Å². The van der Waals surface area contributed by atoms with Crippen LogP contribution in [-0.4, -0.2) is 41.6 Å². The van der Waals surface area contributed by atoms with Gasteiger partial charge in [0.1, 0.15) is 6.54 Å². The van der Waals surface area contributed by atoms with Crippen molar-refractivity contribution < 1.29 is 24.3 Å². The fourth-order valence-electron chi connectivity index (χ4n) is 0.246. The lowest BCUT2D eigenvalue weighted by Gasteiger charge is -1.95. The van der Waals surface area contributed by atoms with Crippen LogP contribution in [0.25, 0.3) is 0 Å². The van der Waals surface area contributed by atoms with Crippen molar-refractivity contribution in [1.29, 1.82) is 0 Å². The molecule has 0 atom stereocenters. The normalized spacial score (nSPS) is 8.20. The lowest BCUT2D eigenvalue weighted by molar-refractivity contribution is -0.137. The van der Waals surface area contributed by atoms with E-state index in [1.165, 1.54) is 13.8 Å². The first kappa shape index (κ1) is 15.7. The summed E-state index contributed by atoms with van der Waals surface area (Å²) in [4.78, 5) is 39.6. The Balaban J connectivity index is 0. The van der Waals surface area contributed by atoms with Crippen molar-refractivity contribution in [2.45, 2.75) is 13.8 Å². The van der Waals surface area contributed by atoms with Crippen LogP contribution >= 0.6 is 0 Å². The van der Waals surface area contributed by atoms with Crippen LogP contribution in [0, 0.1) is 0 Å². The van der Waals surface area contributed by atoms with Gasteiger partial charge in [0, 0.05) is 13.8 Å². The van der Waals surface area contributed by atoms with Gasteiger partial charge in [0.15, 0.2) is 11.6 Å². The first-order valence-electron chi connectivity index (χ1n) is 4.01. The Morgan fingerprint density at radius 3 is 1.73 bits per heavy atom. The van der Waals surface area contributed by atoms with Gasteiger partial charge in [-0.15, -0.1) is 0 Å². The molecule has 1 amide bonds. The largest absolute Gasteiger partial charge is 0.480 e. The Labute approximate surface area is 86.6 Å². The lowest BCUT2D eigenvalue weighted by Crippen LogP contribution is -2.34. The summed E-state index contributed by atoms with van der Waals surface area (Å²) in [6, 6.07) is 0. The van der Waals surface area contributed by atoms with E-state index in [4.69, 9.17) is 10.8 Å². The average Bonchev–Trinajstić information content (AvgIpc) is 2.14. The Morgan fingerprint density at radius 1 is 1.13 bits per heavy atom. The van der Waals surface area contributed by atoms with Gasteiger partial charge in [0.25, 0.3) is 0 Å². The van der Waals surface area contributed by atoms with Crippen LogP contribution < -0.4 is 11.1 Å². The number of nitrogens with two attached hydrogens (primary N) is 1. The number of hydrogen-bond donors (Lipinski definition) is 3. The average molecular weight is 218 g/mol. The molecule has 0 rings (SSSR count). The Morgan fingerprint density at radius 2 is 1.53 bits per heavy atom. The van der Waals surface area contributed by atoms with Crippen LogP contribution in [0.3, 0.4) is 0 Å². The van der Waals surface area contributed by atoms with Gasteiger partial charge < -0.3 is 16.2 Å². The van der Waals surface area contributed by atoms with Crippen molar-refractivity contribution in [2.75, 3.05) is 13.1 Å². The molecule has 0 bridgehead atoms. The predicted molar refractivity (Wildman–Crippen MR) is 51.1 cm³/mol. The predicted octanol–water partition coefficient (Wildman–Crippen LogP) is -1.69. The Kier molecular flexibility index (Phi) is 9.23. The second-order valence-electron chi connectivity index (χ2n) is 2.49. The summed E-state index contributed by atoms with van der Waals surface area (Å²) >= 11 is 0. The smallest absolute Gasteiger partial charge is 0.322 e. The van der Waals surface area contributed by atoms with Crippen molar-refractivity contribution in [3.63, 3.8) is 0 Å². The van der Waals surface area contributed by atoms with Crippen molar-refractivity contribution in [2.24, 2.45) is 5.73 Å². The van der Waals surface area contributed by atoms with E-state index in [0.717, 1.165) is 0 Å². The van der Waals surface area contributed by atoms with Crippen LogP contribution in [-0.2, 0) is 19.2 Å². The van der Waals surface area contributed by atoms with Crippen LogP contribution in [0.5, 0.6) is 0 Å². The van der Waals surface area contributed by atoms with Gasteiger partial charge in [0.2, 0.25) is 5.91 Å². The lowest BCUT2D eigenvalue weighted by atomic mass is 10.3. The zero-order chi connectivity index (χ0) is 12.4. The van der Waals surface area contributed by atoms with E-state index in [2.05, 4.69) is 5.32 Å². The molecule has 0 aromatic rings. The van der Waals surface area contributed by atoms with Gasteiger partial charge in [-0.2, -0.15) is 0 Å². The molecule has 0 heterocycles. The monoisotopic (exact) mass is 218 g/mol. The Bertz CT molecular complexity index is 250. The summed E-state index contributed by atoms with van der Waals surface area (Å²) in [6.45, 7) is 1.97. The number of Topliss-reactive ketones (excluding diaryl/α,β-unsaturated/α-hetero) is 2. The van der Waals surface area contributed by atoms with E-state index < -0.39 is 11.9 Å². The molecule has 0 aliphatic carbocycles. The molecule has 7 nitrogen and oxygen atoms in total. The maximum Gasteiger partial charge on any atom is 0.322 e. The quantitative estimate of drug-likeness (QED) is 0.483. The molecule has 0 fully saturated rings. The van der Waals surface area contributed by atoms with E-state index in [0.29, 0.717) is 0 Å². The topological polar surface area (TPSA) is 127 Å². The standard InChI is InChI=1S/C4H8N2O3.C4H6O2/c5-1-3(7)6-2-4(8)9;1-3(5)4(2)6/h1-2,5H2,(H,6,7)(H,8,9);1-2H3. The summed E-state index contributed by atoms with van der Waals surface area (Å²) < 4.78 is 0. The molecule has 0 aliphatic heterocycles. The SMILES string of the molecule is CC(=O)C(C)=O.NCC(=O)NCC(=O)O. The van der Waals surface area contributed by atoms with E-state index in [1.54, 1.807) is 0 Å². The molecule has 0 aromatic carbocycles. The molecule has 0 saturated carbocycles. The second kappa shape index (κ2) is 8.82. The van der Waals surface area contributed by atoms with E-state index in [1.807, 2.05) is 0 Å². The summed E-state index contributed by atoms with van der Waals surface area (Å²) in [7, 11) is 0. The zero-order valence-corrected chi connectivity index (χ0v) is 8.57. The molecule has 0 saturated heterocycles. The first-order valence-corrected chi connectivity index (χ1v) is 4.01. The molecule has 0 aliphatic rings. The first-order chi connectivity index (χ1) is 6.81. The summed E-state index contributed by atoms with van der Waals surface area (Å²) in [5.41, 5.74) is 4.85. The highest BCUT2D eigenvalue weighted by Gasteiger charge is 1.98. The molecule has 15 heavy (non-hydrogen) atoms. The third kappa shape index (κ3) is 15.0. The third-order valence-corrected chi connectivity index (χ3v) is 1.12. The molecule has 0 spiro atoms. The number of hydrogen-bond acceptors (Lipinski definition) is 5. The second-order valence-corrected chi connectivity index (χ2v) is 2.49. The maximum atomic E-state index is 10.2. The molecule has 0 unspecified atom stereocenters. The third-order valence-electron chi connectivity index (χ3n) is 1.12. The van der Waals surface area contributed by atoms with E-state index >= 15 is 0 Å². The molecular formula is C8H14N2O5. The molecule has 4 N–H and O–H groups in total. The minimum atomic E-state index is -1.07. The number of nitrogens with one attached hydrogen (secondary N) is 1. The summed E-state index contributed by atoms with van der Waals surface area (Å²) in [5, 5.41) is 10.1. The van der Waals surface area contributed by atoms with Crippen molar-refractivity contribution in [3.8, 4) is 0 Å². The number of amides is 1. The van der Waals surface area contributed by atoms with Crippen molar-refractivity contribution >= 4 is 23.4 Å². The number of rotatable bonds is 4. The van der Waals surface area contributed by atoms with Gasteiger partial charge in [-0.25, -0.2) is 0 Å². The molecule has 0 aromatic heterocycles. The number of ketones is 2. The molecule has 7 heteroatoms. The van der Waals surface area contributed by atoms with Crippen LogP contribution in [0.1, 0.15) is 13.8 Å². The number of aliphatic carboxylic acids is 1. The molecular weight excluding hydrogens is 204 g/mol. The van der Waals surface area contributed by atoms with Crippen LogP contribution in [0.4, 0.5) is 0 Å². The van der Waals surface area contributed by atoms with Gasteiger partial charge in [-0.1, -0.05) is 0 Å². The molecule has 86 valence electrons. The highest BCUT2D eigenvalue weighted by molar-refractivity contribution is 6.35. The number of carbonyl (C=O) groups is 4. The molecule has 0 radical (unpaired) electrons. The highest BCUT2D eigenvalue weighted by Crippen LogP contribution is 1.66. The Hall–Kier alpha value is -1.76. The van der Waals surface area contributed by atoms with Gasteiger partial charge in [0.05, 0.1) is 6.54 Å². The van der Waals surface area contributed by atoms with Crippen LogP contribution in [0.2, 0.25) is 0 Å². The number of carboxylic acid groups (broad SMARTS) is 1. The number of carboxylic acids is 1. The summed E-state index contributed by atoms with van der Waals surface area (Å²) in [6.07, 6.45) is 0. The van der Waals surface area contributed by atoms with E-state index in [-0.39, 0.29) is 24.7 Å². The minimum absolute atomic E-state index is 0.173. The fourth-order valence-corrected chi connectivity index (χ4v) is 0.246. The maximum absolute atomic E-state index is 10.2. The van der Waals surface area contributed by atoms with Gasteiger partial charge in [-0.05, 0) is 0 Å². The van der Waals surface area contributed by atoms with Crippen LogP contribution in [0.15, 0.2) is 0 Å². The van der Waals surface area contributed by atoms with Gasteiger partial charge >= 0.3 is 5.97 Å². The zero-order valence-electron chi connectivity index (χ0n) is 8.57. The highest BCUT2D eigenvalue weighted by atomic mass is 16.4. The van der Waals surface area contributed by atoms with Crippen molar-refractivity contribution in [3.05, 3.63) is 0 Å². The summed E-state index contributed by atoms with van der Waals surface area (Å²) in [5.74, 6) is -2.29.